The van der Waals surface area contributed by atoms with Crippen molar-refractivity contribution in [1.82, 2.24) is 0 Å². The standard InChI is InChI=1S/C40H74O3.H3O4P/c1-3-5-7-9-11-13-15-17-19-21-23-25-27-29-39(35-37-31-33-41-37)43-40(36-38-32-34-42-38)30-28-26-24-22-20-18-16-14-12-10-8-6-4-2;1-5(2,3)4/h17-20,37-40H,3-16,21-36H2,1-2H3;(H3,1,2,3,4)/b19-17-,20-18-;. The van der Waals surface area contributed by atoms with Crippen LogP contribution >= 0.6 is 7.82 Å². The van der Waals surface area contributed by atoms with Gasteiger partial charge in [0.15, 0.2) is 0 Å². The molecular formula is C40H77O7P. The predicted molar refractivity (Wildman–Crippen MR) is 201 cm³/mol. The summed E-state index contributed by atoms with van der Waals surface area (Å²) in [5.74, 6) is 0. The summed E-state index contributed by atoms with van der Waals surface area (Å²) in [5, 5.41) is 0. The van der Waals surface area contributed by atoms with E-state index in [1.807, 2.05) is 0 Å². The van der Waals surface area contributed by atoms with Crippen molar-refractivity contribution in [2.24, 2.45) is 0 Å². The van der Waals surface area contributed by atoms with Crippen molar-refractivity contribution in [1.29, 1.82) is 0 Å². The molecule has 48 heavy (non-hydrogen) atoms. The molecule has 0 aliphatic carbocycles. The molecule has 0 spiro atoms. The van der Waals surface area contributed by atoms with Crippen LogP contribution in [0.1, 0.15) is 194 Å². The molecule has 4 atom stereocenters. The highest BCUT2D eigenvalue weighted by Gasteiger charge is 2.28. The van der Waals surface area contributed by atoms with E-state index in [1.54, 1.807) is 0 Å². The monoisotopic (exact) mass is 701 g/mol. The first-order valence-corrected chi connectivity index (χ1v) is 21.8. The van der Waals surface area contributed by atoms with E-state index in [-0.39, 0.29) is 0 Å². The zero-order chi connectivity index (χ0) is 35.0. The van der Waals surface area contributed by atoms with Crippen molar-refractivity contribution >= 4 is 7.82 Å². The Labute approximate surface area is 296 Å². The molecule has 0 saturated carbocycles. The number of hydrogen-bond donors (Lipinski definition) is 3. The maximum atomic E-state index is 8.88. The molecule has 3 N–H and O–H groups in total. The van der Waals surface area contributed by atoms with Gasteiger partial charge in [-0.25, -0.2) is 4.57 Å². The largest absolute Gasteiger partial charge is 0.466 e. The minimum Gasteiger partial charge on any atom is -0.378 e. The lowest BCUT2D eigenvalue weighted by molar-refractivity contribution is -0.124. The Hall–Kier alpha value is -0.530. The molecule has 0 amide bonds. The molecule has 0 aromatic carbocycles. The van der Waals surface area contributed by atoms with Gasteiger partial charge in [-0.3, -0.25) is 0 Å². The van der Waals surface area contributed by atoms with Crippen LogP contribution in [0.15, 0.2) is 24.3 Å². The number of unbranched alkanes of at least 4 members (excludes halogenated alkanes) is 18. The Morgan fingerprint density at radius 3 is 1.15 bits per heavy atom. The fraction of sp³-hybridized carbons (Fsp3) is 0.900. The van der Waals surface area contributed by atoms with Gasteiger partial charge in [0.25, 0.3) is 0 Å². The average Bonchev–Trinajstić information content (AvgIpc) is 3.00. The van der Waals surface area contributed by atoms with E-state index in [9.17, 15) is 0 Å². The first-order chi connectivity index (χ1) is 23.3. The lowest BCUT2D eigenvalue weighted by Crippen LogP contribution is -2.36. The number of allylic oxidation sites excluding steroid dienone is 4. The predicted octanol–water partition coefficient (Wildman–Crippen LogP) is 11.7. The summed E-state index contributed by atoms with van der Waals surface area (Å²) in [6.45, 7) is 6.46. The Balaban J connectivity index is 0.00000213. The van der Waals surface area contributed by atoms with Crippen molar-refractivity contribution in [3.05, 3.63) is 24.3 Å². The second kappa shape index (κ2) is 32.4. The van der Waals surface area contributed by atoms with E-state index in [1.165, 1.54) is 167 Å². The van der Waals surface area contributed by atoms with E-state index in [0.717, 1.165) is 26.1 Å². The van der Waals surface area contributed by atoms with E-state index >= 15 is 0 Å². The van der Waals surface area contributed by atoms with Crippen LogP contribution in [0.2, 0.25) is 0 Å². The van der Waals surface area contributed by atoms with Gasteiger partial charge in [0.1, 0.15) is 0 Å². The molecule has 2 rings (SSSR count). The van der Waals surface area contributed by atoms with Gasteiger partial charge in [-0.05, 0) is 89.9 Å². The van der Waals surface area contributed by atoms with E-state index < -0.39 is 7.82 Å². The summed E-state index contributed by atoms with van der Waals surface area (Å²) >= 11 is 0. The van der Waals surface area contributed by atoms with Crippen molar-refractivity contribution in [3.63, 3.8) is 0 Å². The second-order valence-electron chi connectivity index (χ2n) is 14.3. The maximum absolute atomic E-state index is 8.88. The molecule has 2 aliphatic heterocycles. The summed E-state index contributed by atoms with van der Waals surface area (Å²) in [6.07, 6.45) is 47.8. The summed E-state index contributed by atoms with van der Waals surface area (Å²) in [7, 11) is -4.64. The van der Waals surface area contributed by atoms with Crippen LogP contribution in [0.5, 0.6) is 0 Å². The molecule has 8 heteroatoms. The topological polar surface area (TPSA) is 105 Å². The molecule has 2 fully saturated rings. The zero-order valence-electron chi connectivity index (χ0n) is 31.3. The third-order valence-corrected chi connectivity index (χ3v) is 9.60. The molecule has 4 unspecified atom stereocenters. The molecule has 2 aliphatic rings. The number of ether oxygens (including phenoxy) is 3. The van der Waals surface area contributed by atoms with Crippen LogP contribution in [0, 0.1) is 0 Å². The van der Waals surface area contributed by atoms with Gasteiger partial charge in [0.2, 0.25) is 0 Å². The van der Waals surface area contributed by atoms with E-state index in [0.29, 0.717) is 24.4 Å². The summed E-state index contributed by atoms with van der Waals surface area (Å²) in [4.78, 5) is 21.6. The molecular weight excluding hydrogens is 623 g/mol. The van der Waals surface area contributed by atoms with Gasteiger partial charge >= 0.3 is 7.82 Å². The highest BCUT2D eigenvalue weighted by atomic mass is 31.2. The van der Waals surface area contributed by atoms with Gasteiger partial charge in [0.05, 0.1) is 24.4 Å². The smallest absolute Gasteiger partial charge is 0.378 e. The number of rotatable bonds is 32. The van der Waals surface area contributed by atoms with Crippen molar-refractivity contribution in [2.45, 2.75) is 218 Å². The fourth-order valence-corrected chi connectivity index (χ4v) is 6.46. The number of phosphoric acid groups is 1. The van der Waals surface area contributed by atoms with E-state index in [2.05, 4.69) is 38.2 Å². The van der Waals surface area contributed by atoms with Gasteiger partial charge in [-0.1, -0.05) is 128 Å². The summed E-state index contributed by atoms with van der Waals surface area (Å²) in [6, 6.07) is 0. The number of hydrogen-bond acceptors (Lipinski definition) is 4. The van der Waals surface area contributed by atoms with E-state index in [4.69, 9.17) is 33.5 Å². The van der Waals surface area contributed by atoms with Crippen LogP contribution < -0.4 is 0 Å². The lowest BCUT2D eigenvalue weighted by atomic mass is 9.97. The Kier molecular flexibility index (Phi) is 30.7. The molecule has 2 heterocycles. The molecule has 0 radical (unpaired) electrons. The normalized spacial score (nSPS) is 19.2. The minimum atomic E-state index is -4.64. The fourth-order valence-electron chi connectivity index (χ4n) is 6.46. The summed E-state index contributed by atoms with van der Waals surface area (Å²) in [5.41, 5.74) is 0. The first-order valence-electron chi connectivity index (χ1n) is 20.3. The summed E-state index contributed by atoms with van der Waals surface area (Å²) < 4.78 is 27.4. The van der Waals surface area contributed by atoms with Crippen molar-refractivity contribution < 1.29 is 33.5 Å². The van der Waals surface area contributed by atoms with Gasteiger partial charge in [0, 0.05) is 13.2 Å². The SMILES string of the molecule is CCCCCCCC/C=C\CCCCCC(CC1CCO1)OC(CCCCC/C=C\CCCCCCCC)CC1CCO1.O=P(O)(O)O. The third-order valence-electron chi connectivity index (χ3n) is 9.60. The zero-order valence-corrected chi connectivity index (χ0v) is 32.1. The lowest BCUT2D eigenvalue weighted by Gasteiger charge is -2.35. The van der Waals surface area contributed by atoms with Crippen LogP contribution in [-0.2, 0) is 18.8 Å². The minimum absolute atomic E-state index is 0.350. The van der Waals surface area contributed by atoms with Crippen LogP contribution in [0.3, 0.4) is 0 Å². The molecule has 0 bridgehead atoms. The molecule has 0 aromatic heterocycles. The first kappa shape index (κ1) is 45.5. The molecule has 284 valence electrons. The Morgan fingerprint density at radius 2 is 0.854 bits per heavy atom. The Morgan fingerprint density at radius 1 is 0.562 bits per heavy atom. The van der Waals surface area contributed by atoms with Crippen molar-refractivity contribution in [3.8, 4) is 0 Å². The molecule has 7 nitrogen and oxygen atoms in total. The highest BCUT2D eigenvalue weighted by Crippen LogP contribution is 2.28. The van der Waals surface area contributed by atoms with Gasteiger partial charge in [-0.15, -0.1) is 0 Å². The highest BCUT2D eigenvalue weighted by molar-refractivity contribution is 7.45. The van der Waals surface area contributed by atoms with Gasteiger partial charge < -0.3 is 28.9 Å². The maximum Gasteiger partial charge on any atom is 0.466 e. The third kappa shape index (κ3) is 31.5. The van der Waals surface area contributed by atoms with Crippen LogP contribution in [0.25, 0.3) is 0 Å². The second-order valence-corrected chi connectivity index (χ2v) is 15.3. The van der Waals surface area contributed by atoms with Crippen LogP contribution in [-0.4, -0.2) is 52.3 Å². The Bertz CT molecular complexity index is 728. The molecule has 2 saturated heterocycles. The van der Waals surface area contributed by atoms with Crippen molar-refractivity contribution in [2.75, 3.05) is 13.2 Å². The average molecular weight is 701 g/mol. The quantitative estimate of drug-likeness (QED) is 0.0364. The molecule has 0 aromatic rings. The van der Waals surface area contributed by atoms with Gasteiger partial charge in [-0.2, -0.15) is 0 Å². The van der Waals surface area contributed by atoms with Crippen LogP contribution in [0.4, 0.5) is 0 Å².